The third-order valence-electron chi connectivity index (χ3n) is 5.19. The molecule has 11 nitrogen and oxygen atoms in total. The Morgan fingerprint density at radius 3 is 1.68 bits per heavy atom. The molecule has 0 heterocycles. The molecule has 0 radical (unpaired) electrons. The average molecular weight is 583 g/mol. The van der Waals surface area contributed by atoms with Crippen LogP contribution in [0.5, 0.6) is 0 Å². The fourth-order valence-corrected chi connectivity index (χ4v) is 3.72. The normalized spacial score (nSPS) is 12.3. The first-order valence-electron chi connectivity index (χ1n) is 12.6. The van der Waals surface area contributed by atoms with Crippen LogP contribution in [0.1, 0.15) is 103 Å². The maximum Gasteiger partial charge on any atom is 1.00 e. The SMILES string of the molecule is CCCCCCCC/C=C\CCCCCCCC(=O)NC(O)CN.O=C([O-])CC(C(=O)[O-])S(=O)(=O)O.[Na+].[Na+]. The van der Waals surface area contributed by atoms with Gasteiger partial charge >= 0.3 is 59.1 Å². The smallest absolute Gasteiger partial charge is 0.550 e. The summed E-state index contributed by atoms with van der Waals surface area (Å²) in [6.07, 6.45) is 19.1. The third kappa shape index (κ3) is 32.2. The molecule has 0 rings (SSSR count). The zero-order valence-corrected chi connectivity index (χ0v) is 28.2. The Morgan fingerprint density at radius 2 is 1.32 bits per heavy atom. The molecule has 212 valence electrons. The van der Waals surface area contributed by atoms with Gasteiger partial charge in [0.25, 0.3) is 10.1 Å². The Hall–Kier alpha value is -0.0200. The monoisotopic (exact) mass is 582 g/mol. The Bertz CT molecular complexity index is 738. The topological polar surface area (TPSA) is 210 Å². The van der Waals surface area contributed by atoms with Crippen molar-refractivity contribution in [1.82, 2.24) is 5.32 Å². The van der Waals surface area contributed by atoms with Crippen LogP contribution in [0.2, 0.25) is 0 Å². The van der Waals surface area contributed by atoms with E-state index in [4.69, 9.17) is 10.3 Å². The molecule has 0 saturated carbocycles. The number of aliphatic carboxylic acids is 2. The maximum atomic E-state index is 11.4. The molecule has 0 fully saturated rings. The Labute approximate surface area is 272 Å². The second kappa shape index (κ2) is 30.0. The van der Waals surface area contributed by atoms with E-state index in [0.29, 0.717) is 6.42 Å². The van der Waals surface area contributed by atoms with E-state index >= 15 is 0 Å². The first-order valence-corrected chi connectivity index (χ1v) is 14.1. The molecule has 0 aliphatic rings. The number of nitrogens with one attached hydrogen (secondary N) is 1. The van der Waals surface area contributed by atoms with Crippen molar-refractivity contribution in [3.8, 4) is 0 Å². The van der Waals surface area contributed by atoms with Gasteiger partial charge in [0, 0.05) is 25.4 Å². The number of aliphatic hydroxyl groups is 1. The van der Waals surface area contributed by atoms with Crippen LogP contribution in [0.4, 0.5) is 0 Å². The van der Waals surface area contributed by atoms with E-state index < -0.39 is 40.0 Å². The number of rotatable bonds is 21. The Balaban J connectivity index is -0.000000351. The number of nitrogens with two attached hydrogens (primary N) is 1. The fourth-order valence-electron chi connectivity index (χ4n) is 3.13. The van der Waals surface area contributed by atoms with Gasteiger partial charge in [-0.15, -0.1) is 0 Å². The van der Waals surface area contributed by atoms with Crippen LogP contribution in [-0.4, -0.2) is 53.9 Å². The van der Waals surface area contributed by atoms with E-state index in [2.05, 4.69) is 24.4 Å². The number of amides is 1. The molecule has 0 saturated heterocycles. The molecule has 0 aliphatic heterocycles. The number of carbonyl (C=O) groups is 3. The largest absolute Gasteiger partial charge is 1.00 e. The second-order valence-corrected chi connectivity index (χ2v) is 10.2. The molecule has 2 unspecified atom stereocenters. The summed E-state index contributed by atoms with van der Waals surface area (Å²) in [5.41, 5.74) is 5.24. The molecule has 2 atom stereocenters. The summed E-state index contributed by atoms with van der Waals surface area (Å²) < 4.78 is 28.5. The van der Waals surface area contributed by atoms with E-state index in [1.807, 2.05) is 0 Å². The summed E-state index contributed by atoms with van der Waals surface area (Å²) in [6, 6.07) is 0. The van der Waals surface area contributed by atoms with Crippen molar-refractivity contribution >= 4 is 28.0 Å². The summed E-state index contributed by atoms with van der Waals surface area (Å²) >= 11 is 0. The number of hydrogen-bond acceptors (Lipinski definition) is 9. The number of aliphatic hydroxyl groups excluding tert-OH is 1. The van der Waals surface area contributed by atoms with Crippen LogP contribution in [-0.2, 0) is 24.5 Å². The van der Waals surface area contributed by atoms with E-state index in [1.165, 1.54) is 70.6 Å². The molecule has 0 aromatic rings. The first kappa shape index (κ1) is 45.0. The zero-order chi connectivity index (χ0) is 27.8. The van der Waals surface area contributed by atoms with Crippen molar-refractivity contribution in [3.63, 3.8) is 0 Å². The number of carboxylic acids is 2. The predicted octanol–water partition coefficient (Wildman–Crippen LogP) is -5.44. The van der Waals surface area contributed by atoms with Crippen LogP contribution in [0.3, 0.4) is 0 Å². The molecule has 14 heteroatoms. The van der Waals surface area contributed by atoms with Gasteiger partial charge in [-0.05, 0) is 32.1 Å². The molecule has 0 aliphatic carbocycles. The van der Waals surface area contributed by atoms with Gasteiger partial charge in [0.15, 0.2) is 0 Å². The quantitative estimate of drug-likeness (QED) is 0.0332. The zero-order valence-electron chi connectivity index (χ0n) is 23.4. The van der Waals surface area contributed by atoms with Gasteiger partial charge in [0.1, 0.15) is 11.5 Å². The van der Waals surface area contributed by atoms with E-state index in [1.54, 1.807) is 0 Å². The standard InChI is InChI=1S/C20H40N2O2.C4H6O7S.2Na/c1-2-3-4-5-6-7-8-9-10-11-12-13-14-15-16-17-19(23)22-20(24)18-21;5-3(6)1-2(4(7)8)12(9,10)11;;/h9-10,20,24H,2-8,11-18,21H2,1H3,(H,22,23);2H,1H2,(H,5,6)(H,7,8)(H,9,10,11);;/q;;2*+1/p-2/b10-9-;;;. The van der Waals surface area contributed by atoms with E-state index in [-0.39, 0.29) is 71.6 Å². The van der Waals surface area contributed by atoms with Gasteiger partial charge in [0.2, 0.25) is 5.91 Å². The van der Waals surface area contributed by atoms with Crippen LogP contribution in [0.15, 0.2) is 12.2 Å². The molecular formula is C24H44N2Na2O9S. The van der Waals surface area contributed by atoms with E-state index in [0.717, 1.165) is 12.8 Å². The summed E-state index contributed by atoms with van der Waals surface area (Å²) in [6.45, 7) is 2.33. The molecular weight excluding hydrogens is 538 g/mol. The Morgan fingerprint density at radius 1 is 0.868 bits per heavy atom. The number of hydrogen-bond donors (Lipinski definition) is 4. The second-order valence-electron chi connectivity index (χ2n) is 8.55. The summed E-state index contributed by atoms with van der Waals surface area (Å²) in [4.78, 5) is 31.1. The van der Waals surface area contributed by atoms with Crippen molar-refractivity contribution < 1.29 is 102 Å². The average Bonchev–Trinajstić information content (AvgIpc) is 2.79. The van der Waals surface area contributed by atoms with Crippen molar-refractivity contribution in [3.05, 3.63) is 12.2 Å². The van der Waals surface area contributed by atoms with Gasteiger partial charge in [-0.2, -0.15) is 8.42 Å². The van der Waals surface area contributed by atoms with Crippen LogP contribution in [0, 0.1) is 0 Å². The maximum absolute atomic E-state index is 11.4. The van der Waals surface area contributed by atoms with Crippen molar-refractivity contribution in [2.24, 2.45) is 5.73 Å². The van der Waals surface area contributed by atoms with Gasteiger partial charge < -0.3 is 36.0 Å². The fraction of sp³-hybridized carbons (Fsp3) is 0.792. The van der Waals surface area contributed by atoms with E-state index in [9.17, 15) is 38.1 Å². The van der Waals surface area contributed by atoms with Crippen molar-refractivity contribution in [2.45, 2.75) is 115 Å². The number of carbonyl (C=O) groups excluding carboxylic acids is 3. The Kier molecular flexibility index (Phi) is 35.5. The van der Waals surface area contributed by atoms with Crippen molar-refractivity contribution in [2.75, 3.05) is 6.54 Å². The predicted molar refractivity (Wildman–Crippen MR) is 133 cm³/mol. The molecule has 0 aromatic carbocycles. The number of allylic oxidation sites excluding steroid dienone is 2. The van der Waals surface area contributed by atoms with Gasteiger partial charge in [-0.3, -0.25) is 9.35 Å². The molecule has 38 heavy (non-hydrogen) atoms. The third-order valence-corrected chi connectivity index (χ3v) is 6.27. The minimum atomic E-state index is -4.94. The van der Waals surface area contributed by atoms with Crippen LogP contribution < -0.4 is 80.4 Å². The van der Waals surface area contributed by atoms with Gasteiger partial charge in [-0.25, -0.2) is 0 Å². The molecule has 1 amide bonds. The molecule has 5 N–H and O–H groups in total. The molecule has 0 spiro atoms. The molecule has 0 bridgehead atoms. The number of unbranched alkanes of at least 4 members (excludes halogenated alkanes) is 11. The summed E-state index contributed by atoms with van der Waals surface area (Å²) in [7, 11) is -4.94. The van der Waals surface area contributed by atoms with Crippen LogP contribution in [0.25, 0.3) is 0 Å². The first-order chi connectivity index (χ1) is 16.9. The van der Waals surface area contributed by atoms with Crippen LogP contribution >= 0.6 is 0 Å². The summed E-state index contributed by atoms with van der Waals surface area (Å²) in [5, 5.41) is 28.9. The molecule has 0 aromatic heterocycles. The minimum absolute atomic E-state index is 0. The van der Waals surface area contributed by atoms with Crippen molar-refractivity contribution in [1.29, 1.82) is 0 Å². The van der Waals surface area contributed by atoms with Gasteiger partial charge in [0.05, 0.1) is 5.97 Å². The van der Waals surface area contributed by atoms with Gasteiger partial charge in [-0.1, -0.05) is 70.4 Å². The number of carboxylic acid groups (broad SMARTS) is 2. The minimum Gasteiger partial charge on any atom is -0.550 e. The summed E-state index contributed by atoms with van der Waals surface area (Å²) in [5.74, 6) is -4.19.